The van der Waals surface area contributed by atoms with E-state index in [1.54, 1.807) is 6.92 Å². The molecule has 70 valence electrons. The summed E-state index contributed by atoms with van der Waals surface area (Å²) in [6.45, 7) is 3.27. The summed E-state index contributed by atoms with van der Waals surface area (Å²) in [6, 6.07) is 0. The Morgan fingerprint density at radius 3 is 2.00 bits per heavy atom. The molecule has 0 aliphatic carbocycles. The number of carboxylic acids is 2. The van der Waals surface area contributed by atoms with Gasteiger partial charge in [-0.1, -0.05) is 13.8 Å². The van der Waals surface area contributed by atoms with E-state index in [9.17, 15) is 9.59 Å². The lowest BCUT2D eigenvalue weighted by Gasteiger charge is -2.11. The van der Waals surface area contributed by atoms with E-state index in [0.29, 0.717) is 6.42 Å². The maximum atomic E-state index is 10.5. The number of carboxylic acid groups (broad SMARTS) is 2. The highest BCUT2D eigenvalue weighted by Crippen LogP contribution is 2.15. The lowest BCUT2D eigenvalue weighted by Crippen LogP contribution is -2.20. The van der Waals surface area contributed by atoms with E-state index < -0.39 is 23.8 Å². The second-order valence-corrected chi connectivity index (χ2v) is 2.92. The van der Waals surface area contributed by atoms with E-state index in [0.717, 1.165) is 0 Å². The molecule has 0 rings (SSSR count). The van der Waals surface area contributed by atoms with Crippen molar-refractivity contribution in [1.29, 1.82) is 0 Å². The third kappa shape index (κ3) is 3.37. The van der Waals surface area contributed by atoms with Crippen LogP contribution >= 0.6 is 0 Å². The summed E-state index contributed by atoms with van der Waals surface area (Å²) in [6.07, 6.45) is 0.689. The van der Waals surface area contributed by atoms with Crippen LogP contribution in [0.3, 0.4) is 0 Å². The highest BCUT2D eigenvalue weighted by atomic mass is 16.4. The van der Waals surface area contributed by atoms with E-state index in [-0.39, 0.29) is 6.42 Å². The molecular weight excluding hydrogens is 160 g/mol. The van der Waals surface area contributed by atoms with Crippen molar-refractivity contribution in [3.63, 3.8) is 0 Å². The third-order valence-electron chi connectivity index (χ3n) is 1.90. The summed E-state index contributed by atoms with van der Waals surface area (Å²) in [4.78, 5) is 20.9. The van der Waals surface area contributed by atoms with Gasteiger partial charge in [0.25, 0.3) is 0 Å². The number of rotatable bonds is 5. The zero-order chi connectivity index (χ0) is 9.72. The van der Waals surface area contributed by atoms with Crippen molar-refractivity contribution in [2.45, 2.75) is 26.7 Å². The smallest absolute Gasteiger partial charge is 0.306 e. The summed E-state index contributed by atoms with van der Waals surface area (Å²) in [7, 11) is 0. The molecule has 0 aromatic heterocycles. The van der Waals surface area contributed by atoms with E-state index in [1.165, 1.54) is 6.92 Å². The molecule has 0 bridgehead atoms. The van der Waals surface area contributed by atoms with Crippen molar-refractivity contribution in [1.82, 2.24) is 0 Å². The summed E-state index contributed by atoms with van der Waals surface area (Å²) >= 11 is 0. The van der Waals surface area contributed by atoms with E-state index in [2.05, 4.69) is 0 Å². The molecule has 0 fully saturated rings. The predicted octanol–water partition coefficient (Wildman–Crippen LogP) is 1.21. The molecule has 0 heterocycles. The molecule has 0 aliphatic rings. The van der Waals surface area contributed by atoms with Crippen LogP contribution in [0, 0.1) is 11.8 Å². The SMILES string of the molecule is CCC(CC(C)C(=O)O)C(=O)O. The van der Waals surface area contributed by atoms with Crippen LogP contribution in [0.1, 0.15) is 26.7 Å². The molecule has 4 nitrogen and oxygen atoms in total. The fraction of sp³-hybridized carbons (Fsp3) is 0.750. The molecule has 0 spiro atoms. The maximum absolute atomic E-state index is 10.5. The van der Waals surface area contributed by atoms with Gasteiger partial charge in [0.05, 0.1) is 11.8 Å². The Balaban J connectivity index is 4.02. The fourth-order valence-electron chi connectivity index (χ4n) is 0.970. The molecule has 2 unspecified atom stereocenters. The molecule has 0 aromatic carbocycles. The lowest BCUT2D eigenvalue weighted by molar-refractivity contribution is -0.145. The minimum Gasteiger partial charge on any atom is -0.481 e. The molecule has 12 heavy (non-hydrogen) atoms. The molecule has 2 N–H and O–H groups in total. The van der Waals surface area contributed by atoms with Gasteiger partial charge in [0.15, 0.2) is 0 Å². The Bertz CT molecular complexity index is 176. The van der Waals surface area contributed by atoms with Crippen molar-refractivity contribution in [2.24, 2.45) is 11.8 Å². The second-order valence-electron chi connectivity index (χ2n) is 2.92. The predicted molar refractivity (Wildman–Crippen MR) is 42.8 cm³/mol. The summed E-state index contributed by atoms with van der Waals surface area (Å²) < 4.78 is 0. The minimum absolute atomic E-state index is 0.209. The highest BCUT2D eigenvalue weighted by Gasteiger charge is 2.21. The first-order valence-corrected chi connectivity index (χ1v) is 3.94. The Morgan fingerprint density at radius 2 is 1.75 bits per heavy atom. The van der Waals surface area contributed by atoms with E-state index in [4.69, 9.17) is 10.2 Å². The molecule has 0 saturated carbocycles. The molecule has 0 amide bonds. The van der Waals surface area contributed by atoms with Crippen molar-refractivity contribution in [3.05, 3.63) is 0 Å². The van der Waals surface area contributed by atoms with Gasteiger partial charge in [-0.05, 0) is 12.8 Å². The van der Waals surface area contributed by atoms with Gasteiger partial charge in [0.1, 0.15) is 0 Å². The molecule has 0 aliphatic heterocycles. The van der Waals surface area contributed by atoms with Gasteiger partial charge in [-0.25, -0.2) is 0 Å². The molecule has 4 heteroatoms. The van der Waals surface area contributed by atoms with Gasteiger partial charge in [0.2, 0.25) is 0 Å². The zero-order valence-electron chi connectivity index (χ0n) is 7.28. The van der Waals surface area contributed by atoms with Gasteiger partial charge in [-0.3, -0.25) is 9.59 Å². The van der Waals surface area contributed by atoms with Crippen LogP contribution in [0.4, 0.5) is 0 Å². The van der Waals surface area contributed by atoms with E-state index >= 15 is 0 Å². The molecule has 0 saturated heterocycles. The van der Waals surface area contributed by atoms with Gasteiger partial charge in [-0.15, -0.1) is 0 Å². The fourth-order valence-corrected chi connectivity index (χ4v) is 0.970. The van der Waals surface area contributed by atoms with Gasteiger partial charge in [-0.2, -0.15) is 0 Å². The molecule has 0 radical (unpaired) electrons. The van der Waals surface area contributed by atoms with Crippen LogP contribution in [0.2, 0.25) is 0 Å². The number of carbonyl (C=O) groups is 2. The standard InChI is InChI=1S/C8H14O4/c1-3-6(8(11)12)4-5(2)7(9)10/h5-6H,3-4H2,1-2H3,(H,9,10)(H,11,12). The normalized spacial score (nSPS) is 15.2. The summed E-state index contributed by atoms with van der Waals surface area (Å²) in [5.74, 6) is -2.96. The van der Waals surface area contributed by atoms with Crippen molar-refractivity contribution in [2.75, 3.05) is 0 Å². The monoisotopic (exact) mass is 174 g/mol. The minimum atomic E-state index is -0.935. The van der Waals surface area contributed by atoms with Crippen LogP contribution in [-0.2, 0) is 9.59 Å². The summed E-state index contributed by atoms with van der Waals surface area (Å²) in [5, 5.41) is 17.1. The zero-order valence-corrected chi connectivity index (χ0v) is 7.28. The first-order chi connectivity index (χ1) is 5.49. The first kappa shape index (κ1) is 10.9. The van der Waals surface area contributed by atoms with Crippen molar-refractivity contribution in [3.8, 4) is 0 Å². The van der Waals surface area contributed by atoms with Gasteiger partial charge < -0.3 is 10.2 Å². The Labute approximate surface area is 71.2 Å². The largest absolute Gasteiger partial charge is 0.481 e. The van der Waals surface area contributed by atoms with Crippen LogP contribution in [0.25, 0.3) is 0 Å². The summed E-state index contributed by atoms with van der Waals surface area (Å²) in [5.41, 5.74) is 0. The van der Waals surface area contributed by atoms with Gasteiger partial charge >= 0.3 is 11.9 Å². The number of hydrogen-bond donors (Lipinski definition) is 2. The van der Waals surface area contributed by atoms with Crippen LogP contribution in [0.15, 0.2) is 0 Å². The maximum Gasteiger partial charge on any atom is 0.306 e. The molecule has 2 atom stereocenters. The lowest BCUT2D eigenvalue weighted by atomic mass is 9.94. The Kier molecular flexibility index (Phi) is 4.33. The van der Waals surface area contributed by atoms with Crippen molar-refractivity contribution >= 4 is 11.9 Å². The quantitative estimate of drug-likeness (QED) is 0.656. The van der Waals surface area contributed by atoms with Crippen LogP contribution in [-0.4, -0.2) is 22.2 Å². The Hall–Kier alpha value is -1.06. The van der Waals surface area contributed by atoms with Crippen LogP contribution in [0.5, 0.6) is 0 Å². The van der Waals surface area contributed by atoms with Crippen molar-refractivity contribution < 1.29 is 19.8 Å². The average Bonchev–Trinajstić information content (AvgIpc) is 1.98. The topological polar surface area (TPSA) is 74.6 Å². The molecular formula is C8H14O4. The number of aliphatic carboxylic acids is 2. The Morgan fingerprint density at radius 1 is 1.25 bits per heavy atom. The van der Waals surface area contributed by atoms with Gasteiger partial charge in [0, 0.05) is 0 Å². The average molecular weight is 174 g/mol. The number of hydrogen-bond acceptors (Lipinski definition) is 2. The van der Waals surface area contributed by atoms with E-state index in [1.807, 2.05) is 0 Å². The first-order valence-electron chi connectivity index (χ1n) is 3.94. The third-order valence-corrected chi connectivity index (χ3v) is 1.90. The highest BCUT2D eigenvalue weighted by molar-refractivity contribution is 5.73. The van der Waals surface area contributed by atoms with Crippen LogP contribution < -0.4 is 0 Å². The molecule has 0 aromatic rings. The second kappa shape index (κ2) is 4.74.